The van der Waals surface area contributed by atoms with Gasteiger partial charge in [-0.1, -0.05) is 72.8 Å². The third-order valence-electron chi connectivity index (χ3n) is 6.30. The van der Waals surface area contributed by atoms with Crippen LogP contribution in [0.5, 0.6) is 5.75 Å². The normalized spacial score (nSPS) is 11.0. The predicted molar refractivity (Wildman–Crippen MR) is 142 cm³/mol. The van der Waals surface area contributed by atoms with E-state index in [9.17, 15) is 9.59 Å². The summed E-state index contributed by atoms with van der Waals surface area (Å²) in [5.41, 5.74) is 3.74. The number of nitrogens with one attached hydrogen (secondary N) is 1. The van der Waals surface area contributed by atoms with E-state index in [1.165, 1.54) is 4.52 Å². The molecule has 1 N–H and O–H groups in total. The number of nitrogens with zero attached hydrogens (tertiary/aromatic N) is 4. The Morgan fingerprint density at radius 1 is 0.946 bits per heavy atom. The molecule has 5 aromatic rings. The predicted octanol–water partition coefficient (Wildman–Crippen LogP) is 3.78. The molecule has 0 unspecified atom stereocenters. The minimum atomic E-state index is -0.237. The number of benzene rings is 3. The topological polar surface area (TPSA) is 90.5 Å². The second-order valence-corrected chi connectivity index (χ2v) is 8.76. The zero-order chi connectivity index (χ0) is 25.8. The van der Waals surface area contributed by atoms with E-state index in [1.807, 2.05) is 91.9 Å². The molecule has 0 fully saturated rings. The lowest BCUT2D eigenvalue weighted by atomic mass is 10.0. The van der Waals surface area contributed by atoms with E-state index >= 15 is 0 Å². The van der Waals surface area contributed by atoms with E-state index in [2.05, 4.69) is 15.4 Å². The first kappa shape index (κ1) is 24.0. The summed E-state index contributed by atoms with van der Waals surface area (Å²) >= 11 is 0. The number of rotatable bonds is 8. The zero-order valence-corrected chi connectivity index (χ0v) is 20.7. The molecule has 37 heavy (non-hydrogen) atoms. The van der Waals surface area contributed by atoms with Crippen LogP contribution in [0.15, 0.2) is 89.7 Å². The molecule has 0 atom stereocenters. The van der Waals surface area contributed by atoms with Crippen molar-refractivity contribution in [1.82, 2.24) is 24.5 Å². The highest BCUT2D eigenvalue weighted by molar-refractivity contribution is 5.76. The van der Waals surface area contributed by atoms with Gasteiger partial charge in [0.15, 0.2) is 5.82 Å². The van der Waals surface area contributed by atoms with E-state index in [4.69, 9.17) is 4.74 Å². The number of hydrogen-bond acceptors (Lipinski definition) is 5. The number of amides is 1. The molecule has 0 radical (unpaired) electrons. The second kappa shape index (κ2) is 10.5. The Morgan fingerprint density at radius 2 is 1.65 bits per heavy atom. The molecule has 0 spiro atoms. The number of fused-ring (bicyclic) bond motifs is 1. The van der Waals surface area contributed by atoms with Crippen LogP contribution in [0.25, 0.3) is 17.2 Å². The van der Waals surface area contributed by atoms with Crippen molar-refractivity contribution < 1.29 is 9.53 Å². The molecule has 0 bridgehead atoms. The monoisotopic (exact) mass is 493 g/mol. The lowest BCUT2D eigenvalue weighted by molar-refractivity contribution is -0.121. The summed E-state index contributed by atoms with van der Waals surface area (Å²) in [4.78, 5) is 31.3. The highest BCUT2D eigenvalue weighted by Crippen LogP contribution is 2.18. The van der Waals surface area contributed by atoms with Gasteiger partial charge < -0.3 is 14.6 Å². The van der Waals surface area contributed by atoms with Crippen molar-refractivity contribution in [3.63, 3.8) is 0 Å². The largest absolute Gasteiger partial charge is 0.497 e. The molecule has 0 saturated carbocycles. The van der Waals surface area contributed by atoms with Crippen LogP contribution in [0.3, 0.4) is 0 Å². The van der Waals surface area contributed by atoms with Gasteiger partial charge in [-0.15, -0.1) is 5.10 Å². The molecular formula is C29H27N5O3. The van der Waals surface area contributed by atoms with Gasteiger partial charge in [-0.2, -0.15) is 9.50 Å². The Morgan fingerprint density at radius 3 is 2.38 bits per heavy atom. The second-order valence-electron chi connectivity index (χ2n) is 8.76. The minimum absolute atomic E-state index is 0.00566. The Kier molecular flexibility index (Phi) is 6.81. The van der Waals surface area contributed by atoms with Gasteiger partial charge in [0.05, 0.1) is 7.11 Å². The van der Waals surface area contributed by atoms with Crippen molar-refractivity contribution in [2.24, 2.45) is 0 Å². The lowest BCUT2D eigenvalue weighted by Gasteiger charge is -2.15. The molecule has 2 heterocycles. The molecule has 0 aliphatic rings. The molecule has 0 saturated heterocycles. The summed E-state index contributed by atoms with van der Waals surface area (Å²) in [5, 5.41) is 7.50. The van der Waals surface area contributed by atoms with Crippen molar-refractivity contribution in [3.05, 3.63) is 118 Å². The van der Waals surface area contributed by atoms with Gasteiger partial charge in [0.25, 0.3) is 5.56 Å². The quantitative estimate of drug-likeness (QED) is 0.355. The number of aromatic nitrogens is 4. The lowest BCUT2D eigenvalue weighted by Crippen LogP contribution is -2.32. The Labute approximate surface area is 214 Å². The van der Waals surface area contributed by atoms with Crippen molar-refractivity contribution in [1.29, 1.82) is 0 Å². The van der Waals surface area contributed by atoms with E-state index in [1.54, 1.807) is 11.7 Å². The standard InChI is InChI=1S/C29H27N5O3/c1-20-25(17-21-10-5-3-6-11-21)28(36)34-29(31-27(32-34)23-13-7-4-8-14-23)33(20)19-26(35)30-18-22-12-9-15-24(16-22)37-2/h3-16H,17-19H2,1-2H3,(H,30,35). The highest BCUT2D eigenvalue weighted by atomic mass is 16.5. The third kappa shape index (κ3) is 5.13. The van der Waals surface area contributed by atoms with Crippen molar-refractivity contribution in [2.75, 3.05) is 7.11 Å². The maximum absolute atomic E-state index is 13.5. The smallest absolute Gasteiger partial charge is 0.279 e. The first-order valence-electron chi connectivity index (χ1n) is 12.0. The van der Waals surface area contributed by atoms with Crippen LogP contribution in [0.1, 0.15) is 22.4 Å². The van der Waals surface area contributed by atoms with Crippen LogP contribution in [0.2, 0.25) is 0 Å². The van der Waals surface area contributed by atoms with Crippen molar-refractivity contribution in [2.45, 2.75) is 26.4 Å². The van der Waals surface area contributed by atoms with Gasteiger partial charge in [0, 0.05) is 29.8 Å². The maximum Gasteiger partial charge on any atom is 0.279 e. The van der Waals surface area contributed by atoms with E-state index in [0.29, 0.717) is 35.8 Å². The number of methoxy groups -OCH3 is 1. The first-order valence-corrected chi connectivity index (χ1v) is 12.0. The molecule has 0 aliphatic heterocycles. The average Bonchev–Trinajstić information content (AvgIpc) is 3.39. The molecule has 1 amide bonds. The van der Waals surface area contributed by atoms with Crippen LogP contribution in [-0.4, -0.2) is 32.2 Å². The van der Waals surface area contributed by atoms with Gasteiger partial charge in [-0.3, -0.25) is 9.59 Å². The third-order valence-corrected chi connectivity index (χ3v) is 6.30. The van der Waals surface area contributed by atoms with Crippen LogP contribution < -0.4 is 15.6 Å². The van der Waals surface area contributed by atoms with Gasteiger partial charge in [-0.05, 0) is 30.2 Å². The van der Waals surface area contributed by atoms with Crippen LogP contribution >= 0.6 is 0 Å². The number of ether oxygens (including phenoxy) is 1. The number of hydrogen-bond donors (Lipinski definition) is 1. The maximum atomic E-state index is 13.5. The SMILES string of the molecule is COc1cccc(CNC(=O)Cn2c(C)c(Cc3ccccc3)c(=O)n3nc(-c4ccccc4)nc23)c1. The average molecular weight is 494 g/mol. The molecule has 0 aliphatic carbocycles. The van der Waals surface area contributed by atoms with Crippen LogP contribution in [0, 0.1) is 6.92 Å². The first-order chi connectivity index (χ1) is 18.0. The molecule has 186 valence electrons. The molecule has 2 aromatic heterocycles. The van der Waals surface area contributed by atoms with E-state index < -0.39 is 0 Å². The minimum Gasteiger partial charge on any atom is -0.497 e. The molecule has 5 rings (SSSR count). The molecule has 3 aromatic carbocycles. The van der Waals surface area contributed by atoms with E-state index in [0.717, 1.165) is 22.4 Å². The van der Waals surface area contributed by atoms with Crippen molar-refractivity contribution >= 4 is 11.7 Å². The van der Waals surface area contributed by atoms with Gasteiger partial charge in [0.2, 0.25) is 11.7 Å². The highest BCUT2D eigenvalue weighted by Gasteiger charge is 2.20. The summed E-state index contributed by atoms with van der Waals surface area (Å²) in [5.74, 6) is 1.28. The number of carbonyl (C=O) groups excluding carboxylic acids is 1. The summed E-state index contributed by atoms with van der Waals surface area (Å²) in [6, 6.07) is 26.8. The van der Waals surface area contributed by atoms with Gasteiger partial charge in [-0.25, -0.2) is 0 Å². The molecule has 8 nitrogen and oxygen atoms in total. The molecule has 8 heteroatoms. The van der Waals surface area contributed by atoms with E-state index in [-0.39, 0.29) is 18.0 Å². The Bertz CT molecular complexity index is 1610. The van der Waals surface area contributed by atoms with Gasteiger partial charge in [0.1, 0.15) is 12.3 Å². The summed E-state index contributed by atoms with van der Waals surface area (Å²) in [6.45, 7) is 2.20. The fraction of sp³-hybridized carbons (Fsp3) is 0.172. The van der Waals surface area contributed by atoms with Crippen LogP contribution in [0.4, 0.5) is 0 Å². The number of carbonyl (C=O) groups is 1. The van der Waals surface area contributed by atoms with Crippen molar-refractivity contribution in [3.8, 4) is 17.1 Å². The summed E-state index contributed by atoms with van der Waals surface area (Å²) in [7, 11) is 1.61. The Hall–Kier alpha value is -4.72. The van der Waals surface area contributed by atoms with Crippen LogP contribution in [-0.2, 0) is 24.3 Å². The summed E-state index contributed by atoms with van der Waals surface area (Å²) in [6.07, 6.45) is 0.424. The van der Waals surface area contributed by atoms with Gasteiger partial charge >= 0.3 is 0 Å². The Balaban J connectivity index is 1.52. The fourth-order valence-corrected chi connectivity index (χ4v) is 4.30. The zero-order valence-electron chi connectivity index (χ0n) is 20.7. The summed E-state index contributed by atoms with van der Waals surface area (Å²) < 4.78 is 8.34. The molecular weight excluding hydrogens is 466 g/mol. The fourth-order valence-electron chi connectivity index (χ4n) is 4.30.